The van der Waals surface area contributed by atoms with Crippen molar-refractivity contribution in [2.24, 2.45) is 35.5 Å². The summed E-state index contributed by atoms with van der Waals surface area (Å²) >= 11 is 0. The normalized spacial score (nSPS) is 15.4. The first-order chi connectivity index (χ1) is 22.8. The van der Waals surface area contributed by atoms with E-state index in [9.17, 15) is 10.2 Å². The number of phenols is 2. The number of ether oxygens (including phenoxy) is 2. The molecular formula is C44H80O4. The monoisotopic (exact) mass is 673 g/mol. The fourth-order valence-corrected chi connectivity index (χ4v) is 7.40. The second-order valence-electron chi connectivity index (χ2n) is 16.6. The fourth-order valence-electron chi connectivity index (χ4n) is 7.40. The first-order valence-electron chi connectivity index (χ1n) is 20.1. The molecule has 0 aliphatic carbocycles. The first-order valence-corrected chi connectivity index (χ1v) is 20.1. The van der Waals surface area contributed by atoms with Crippen LogP contribution in [0.5, 0.6) is 23.0 Å². The molecule has 5 atom stereocenters. The topological polar surface area (TPSA) is 58.9 Å². The third kappa shape index (κ3) is 18.2. The second kappa shape index (κ2) is 25.2. The Labute approximate surface area is 298 Å². The summed E-state index contributed by atoms with van der Waals surface area (Å²) in [6.45, 7) is 21.0. The van der Waals surface area contributed by atoms with E-state index in [-0.39, 0.29) is 23.0 Å². The molecule has 5 unspecified atom stereocenters. The van der Waals surface area contributed by atoms with E-state index in [0.717, 1.165) is 41.6 Å². The van der Waals surface area contributed by atoms with Crippen LogP contribution in [0.15, 0.2) is 11.6 Å². The molecule has 0 aliphatic heterocycles. The van der Waals surface area contributed by atoms with Gasteiger partial charge in [-0.1, -0.05) is 144 Å². The third-order valence-corrected chi connectivity index (χ3v) is 11.1. The molecule has 0 spiro atoms. The number of hydrogen-bond donors (Lipinski definition) is 2. The summed E-state index contributed by atoms with van der Waals surface area (Å²) < 4.78 is 10.6. The SMILES string of the molecule is COc1c(O)c(C)c(CCC(C)CCCC(C)CCCC(C)CC/C=C(/C)CCCC(C)CCCC(C)CCCC(C)C)c(O)c1OC. The Bertz CT molecular complexity index is 1010. The maximum absolute atomic E-state index is 10.7. The molecule has 0 saturated carbocycles. The summed E-state index contributed by atoms with van der Waals surface area (Å²) in [5.74, 6) is 5.34. The molecule has 0 radical (unpaired) electrons. The molecule has 0 aromatic heterocycles. The average molecular weight is 673 g/mol. The summed E-state index contributed by atoms with van der Waals surface area (Å²) in [5.41, 5.74) is 3.03. The van der Waals surface area contributed by atoms with Gasteiger partial charge in [0.05, 0.1) is 14.2 Å². The zero-order valence-electron chi connectivity index (χ0n) is 33.7. The molecule has 1 aromatic rings. The number of phenolic OH excluding ortho intramolecular Hbond substituents is 2. The minimum atomic E-state index is 0.0543. The molecule has 0 amide bonds. The largest absolute Gasteiger partial charge is 0.504 e. The van der Waals surface area contributed by atoms with Crippen LogP contribution in [-0.2, 0) is 6.42 Å². The van der Waals surface area contributed by atoms with E-state index in [2.05, 4.69) is 61.5 Å². The molecule has 4 nitrogen and oxygen atoms in total. The van der Waals surface area contributed by atoms with Gasteiger partial charge in [0.2, 0.25) is 11.5 Å². The highest BCUT2D eigenvalue weighted by atomic mass is 16.5. The number of methoxy groups -OCH3 is 2. The van der Waals surface area contributed by atoms with Crippen molar-refractivity contribution >= 4 is 0 Å². The van der Waals surface area contributed by atoms with Gasteiger partial charge < -0.3 is 19.7 Å². The maximum atomic E-state index is 10.7. The van der Waals surface area contributed by atoms with E-state index in [1.807, 2.05) is 6.92 Å². The van der Waals surface area contributed by atoms with Crippen molar-refractivity contribution in [3.8, 4) is 23.0 Å². The summed E-state index contributed by atoms with van der Waals surface area (Å²) in [7, 11) is 2.96. The Hall–Kier alpha value is -1.84. The molecule has 0 fully saturated rings. The minimum absolute atomic E-state index is 0.0543. The smallest absolute Gasteiger partial charge is 0.207 e. The van der Waals surface area contributed by atoms with Gasteiger partial charge in [0, 0.05) is 11.1 Å². The average Bonchev–Trinajstić information content (AvgIpc) is 3.02. The Kier molecular flexibility index (Phi) is 23.2. The van der Waals surface area contributed by atoms with Crippen LogP contribution in [0.2, 0.25) is 0 Å². The van der Waals surface area contributed by atoms with Gasteiger partial charge in [-0.3, -0.25) is 0 Å². The van der Waals surface area contributed by atoms with E-state index in [4.69, 9.17) is 9.47 Å². The molecule has 4 heteroatoms. The maximum Gasteiger partial charge on any atom is 0.207 e. The molecular weight excluding hydrogens is 592 g/mol. The summed E-state index contributed by atoms with van der Waals surface area (Å²) in [6, 6.07) is 0. The summed E-state index contributed by atoms with van der Waals surface area (Å²) in [5, 5.41) is 21.3. The lowest BCUT2D eigenvalue weighted by molar-refractivity contribution is 0.313. The van der Waals surface area contributed by atoms with Crippen molar-refractivity contribution in [1.82, 2.24) is 0 Å². The minimum Gasteiger partial charge on any atom is -0.504 e. The molecule has 0 saturated heterocycles. The Morgan fingerprint density at radius 2 is 0.958 bits per heavy atom. The van der Waals surface area contributed by atoms with Crippen molar-refractivity contribution < 1.29 is 19.7 Å². The van der Waals surface area contributed by atoms with Crippen LogP contribution in [0.3, 0.4) is 0 Å². The van der Waals surface area contributed by atoms with E-state index < -0.39 is 0 Å². The zero-order valence-corrected chi connectivity index (χ0v) is 33.7. The van der Waals surface area contributed by atoms with Crippen LogP contribution in [0, 0.1) is 42.4 Å². The second-order valence-corrected chi connectivity index (χ2v) is 16.6. The summed E-state index contributed by atoms with van der Waals surface area (Å²) in [4.78, 5) is 0. The van der Waals surface area contributed by atoms with Crippen LogP contribution in [0.1, 0.15) is 182 Å². The molecule has 0 heterocycles. The predicted molar refractivity (Wildman–Crippen MR) is 209 cm³/mol. The molecule has 0 bridgehead atoms. The highest BCUT2D eigenvalue weighted by molar-refractivity contribution is 5.65. The lowest BCUT2D eigenvalue weighted by Crippen LogP contribution is -2.03. The Morgan fingerprint density at radius 3 is 1.42 bits per heavy atom. The lowest BCUT2D eigenvalue weighted by atomic mass is 9.89. The first kappa shape index (κ1) is 44.2. The standard InChI is InChI=1S/C44H80O4/c1-32(2)18-12-19-33(3)20-13-21-34(4)22-14-23-35(5)24-15-25-36(6)26-16-27-37(7)28-17-29-38(8)30-31-40-39(9)41(45)43(47-10)44(48-11)42(40)46/h24,32-34,36-38,45-46H,12-23,25-31H2,1-11H3/b35-24-. The van der Waals surface area contributed by atoms with Crippen molar-refractivity contribution in [3.63, 3.8) is 0 Å². The quantitative estimate of drug-likeness (QED) is 0.0687. The van der Waals surface area contributed by atoms with Crippen LogP contribution in [0.25, 0.3) is 0 Å². The molecule has 280 valence electrons. The molecule has 0 aliphatic rings. The van der Waals surface area contributed by atoms with Gasteiger partial charge in [0.15, 0.2) is 11.5 Å². The van der Waals surface area contributed by atoms with E-state index in [1.165, 1.54) is 123 Å². The van der Waals surface area contributed by atoms with Gasteiger partial charge in [-0.25, -0.2) is 0 Å². The van der Waals surface area contributed by atoms with Crippen molar-refractivity contribution in [3.05, 3.63) is 22.8 Å². The zero-order chi connectivity index (χ0) is 36.1. The van der Waals surface area contributed by atoms with Crippen molar-refractivity contribution in [2.75, 3.05) is 14.2 Å². The van der Waals surface area contributed by atoms with Gasteiger partial charge in [0.25, 0.3) is 0 Å². The van der Waals surface area contributed by atoms with Gasteiger partial charge >= 0.3 is 0 Å². The van der Waals surface area contributed by atoms with E-state index in [1.54, 1.807) is 5.57 Å². The third-order valence-electron chi connectivity index (χ3n) is 11.1. The van der Waals surface area contributed by atoms with Gasteiger partial charge in [0.1, 0.15) is 0 Å². The number of hydrogen-bond acceptors (Lipinski definition) is 4. The van der Waals surface area contributed by atoms with Crippen molar-refractivity contribution in [2.45, 2.75) is 184 Å². The van der Waals surface area contributed by atoms with Gasteiger partial charge in [-0.05, 0) is 87.9 Å². The lowest BCUT2D eigenvalue weighted by Gasteiger charge is -2.19. The number of benzene rings is 1. The number of rotatable bonds is 28. The van der Waals surface area contributed by atoms with Gasteiger partial charge in [-0.2, -0.15) is 0 Å². The highest BCUT2D eigenvalue weighted by Crippen LogP contribution is 2.48. The Morgan fingerprint density at radius 1 is 0.562 bits per heavy atom. The Balaban J connectivity index is 2.17. The van der Waals surface area contributed by atoms with E-state index >= 15 is 0 Å². The van der Waals surface area contributed by atoms with E-state index in [0.29, 0.717) is 17.9 Å². The van der Waals surface area contributed by atoms with Crippen LogP contribution in [0.4, 0.5) is 0 Å². The molecule has 1 rings (SSSR count). The molecule has 48 heavy (non-hydrogen) atoms. The highest BCUT2D eigenvalue weighted by Gasteiger charge is 2.23. The molecule has 1 aromatic carbocycles. The van der Waals surface area contributed by atoms with Crippen LogP contribution >= 0.6 is 0 Å². The predicted octanol–water partition coefficient (Wildman–Crippen LogP) is 13.8. The van der Waals surface area contributed by atoms with Crippen molar-refractivity contribution in [1.29, 1.82) is 0 Å². The number of allylic oxidation sites excluding steroid dienone is 2. The fraction of sp³-hybridized carbons (Fsp3) is 0.818. The summed E-state index contributed by atoms with van der Waals surface area (Å²) in [6.07, 6.45) is 27.0. The molecule has 2 N–H and O–H groups in total. The van der Waals surface area contributed by atoms with Gasteiger partial charge in [-0.15, -0.1) is 0 Å². The number of aromatic hydroxyl groups is 2. The van der Waals surface area contributed by atoms with Crippen LogP contribution in [-0.4, -0.2) is 24.4 Å². The van der Waals surface area contributed by atoms with Crippen LogP contribution < -0.4 is 9.47 Å².